The average molecular weight is 305 g/mol. The summed E-state index contributed by atoms with van der Waals surface area (Å²) in [6.45, 7) is 7.16. The lowest BCUT2D eigenvalue weighted by Gasteiger charge is -2.07. The van der Waals surface area contributed by atoms with E-state index in [0.717, 1.165) is 6.42 Å². The summed E-state index contributed by atoms with van der Waals surface area (Å²) in [6.07, 6.45) is 1.89. The molecule has 0 saturated carbocycles. The van der Waals surface area contributed by atoms with Gasteiger partial charge in [-0.1, -0.05) is 20.8 Å². The Hall–Kier alpha value is -1.24. The lowest BCUT2D eigenvalue weighted by molar-refractivity contribution is -0.120. The first-order valence-electron chi connectivity index (χ1n) is 6.92. The maximum atomic E-state index is 10.8. The van der Waals surface area contributed by atoms with Crippen LogP contribution in [0.5, 0.6) is 0 Å². The van der Waals surface area contributed by atoms with Gasteiger partial charge < -0.3 is 16.4 Å². The number of thiol groups is 1. The monoisotopic (exact) mass is 305 g/mol. The van der Waals surface area contributed by atoms with Gasteiger partial charge in [-0.3, -0.25) is 14.4 Å². The van der Waals surface area contributed by atoms with Crippen LogP contribution in [0, 0.1) is 5.92 Å². The maximum Gasteiger partial charge on any atom is 0.229 e. The highest BCUT2D eigenvalue weighted by Crippen LogP contribution is 2.06. The fraction of sp³-hybridized carbons (Fsp3) is 0.769. The molecule has 0 spiro atoms. The lowest BCUT2D eigenvalue weighted by atomic mass is 10.1. The molecule has 1 atom stereocenters. The minimum atomic E-state index is -0.211. The molecule has 20 heavy (non-hydrogen) atoms. The Labute approximate surface area is 126 Å². The van der Waals surface area contributed by atoms with Gasteiger partial charge in [-0.2, -0.15) is 12.6 Å². The number of nitrogens with one attached hydrogen (secondary N) is 2. The van der Waals surface area contributed by atoms with E-state index in [1.54, 1.807) is 0 Å². The quantitative estimate of drug-likeness (QED) is 0.555. The summed E-state index contributed by atoms with van der Waals surface area (Å²) in [5.41, 5.74) is 4.76. The molecule has 0 aliphatic carbocycles. The third-order valence-corrected chi connectivity index (χ3v) is 2.58. The second kappa shape index (κ2) is 14.2. The topological polar surface area (TPSA) is 101 Å². The number of primary amides is 1. The Bertz CT molecular complexity index is 299. The van der Waals surface area contributed by atoms with Gasteiger partial charge in [0.2, 0.25) is 17.7 Å². The summed E-state index contributed by atoms with van der Waals surface area (Å²) < 4.78 is 0. The molecule has 0 bridgehead atoms. The number of nitrogens with two attached hydrogens (primary N) is 1. The fourth-order valence-corrected chi connectivity index (χ4v) is 1.48. The first kappa shape index (κ1) is 21.1. The molecular weight excluding hydrogens is 278 g/mol. The summed E-state index contributed by atoms with van der Waals surface area (Å²) in [5.74, 6) is 0.227. The molecule has 0 aromatic heterocycles. The highest BCUT2D eigenvalue weighted by Gasteiger charge is 2.21. The second-order valence-electron chi connectivity index (χ2n) is 4.05. The summed E-state index contributed by atoms with van der Waals surface area (Å²) >= 11 is 3.82. The van der Waals surface area contributed by atoms with Gasteiger partial charge in [0.15, 0.2) is 0 Å². The van der Waals surface area contributed by atoms with Crippen molar-refractivity contribution in [1.29, 1.82) is 0 Å². The molecule has 1 aliphatic heterocycles. The van der Waals surface area contributed by atoms with E-state index in [9.17, 15) is 14.4 Å². The molecule has 118 valence electrons. The van der Waals surface area contributed by atoms with Crippen molar-refractivity contribution < 1.29 is 14.4 Å². The second-order valence-corrected chi connectivity index (χ2v) is 4.37. The molecule has 1 fully saturated rings. The van der Waals surface area contributed by atoms with Crippen molar-refractivity contribution in [2.75, 3.05) is 18.8 Å². The van der Waals surface area contributed by atoms with Crippen LogP contribution >= 0.6 is 12.6 Å². The van der Waals surface area contributed by atoms with Crippen LogP contribution in [0.3, 0.4) is 0 Å². The molecule has 0 aromatic carbocycles. The van der Waals surface area contributed by atoms with E-state index in [1.807, 2.05) is 20.8 Å². The van der Waals surface area contributed by atoms with E-state index in [0.29, 0.717) is 25.9 Å². The van der Waals surface area contributed by atoms with Crippen molar-refractivity contribution in [3.8, 4) is 0 Å². The van der Waals surface area contributed by atoms with Gasteiger partial charge in [-0.25, -0.2) is 0 Å². The van der Waals surface area contributed by atoms with Crippen LogP contribution in [0.25, 0.3) is 0 Å². The van der Waals surface area contributed by atoms with Crippen LogP contribution in [-0.4, -0.2) is 36.6 Å². The third kappa shape index (κ3) is 13.2. The van der Waals surface area contributed by atoms with Crippen LogP contribution in [0.2, 0.25) is 0 Å². The Balaban J connectivity index is 0. The SMILES string of the molecule is CC.CCCC(N)=O.O=C(CS)NCC1CNC(=O)C1. The van der Waals surface area contributed by atoms with Gasteiger partial charge >= 0.3 is 0 Å². The van der Waals surface area contributed by atoms with Crippen LogP contribution in [0.1, 0.15) is 40.0 Å². The molecule has 0 radical (unpaired) electrons. The first-order chi connectivity index (χ1) is 9.49. The Kier molecular flexibility index (Phi) is 14.9. The van der Waals surface area contributed by atoms with Crippen molar-refractivity contribution in [1.82, 2.24) is 10.6 Å². The normalized spacial score (nSPS) is 16.0. The fourth-order valence-electron chi connectivity index (χ4n) is 1.37. The highest BCUT2D eigenvalue weighted by molar-refractivity contribution is 7.81. The van der Waals surface area contributed by atoms with Crippen LogP contribution in [0.15, 0.2) is 0 Å². The smallest absolute Gasteiger partial charge is 0.229 e. The summed E-state index contributed by atoms with van der Waals surface area (Å²) in [4.78, 5) is 31.3. The average Bonchev–Trinajstić information content (AvgIpc) is 2.84. The van der Waals surface area contributed by atoms with E-state index in [1.165, 1.54) is 0 Å². The Morgan fingerprint density at radius 3 is 2.35 bits per heavy atom. The molecule has 1 aliphatic rings. The van der Waals surface area contributed by atoms with Gasteiger partial charge in [0.25, 0.3) is 0 Å². The van der Waals surface area contributed by atoms with Gasteiger partial charge in [-0.15, -0.1) is 0 Å². The van der Waals surface area contributed by atoms with E-state index >= 15 is 0 Å². The van der Waals surface area contributed by atoms with Crippen LogP contribution in [-0.2, 0) is 14.4 Å². The van der Waals surface area contributed by atoms with Gasteiger partial charge in [0, 0.05) is 31.8 Å². The van der Waals surface area contributed by atoms with Gasteiger partial charge in [0.1, 0.15) is 0 Å². The van der Waals surface area contributed by atoms with E-state index in [2.05, 4.69) is 23.3 Å². The highest BCUT2D eigenvalue weighted by atomic mass is 32.1. The van der Waals surface area contributed by atoms with Crippen molar-refractivity contribution in [3.05, 3.63) is 0 Å². The number of carbonyl (C=O) groups is 3. The van der Waals surface area contributed by atoms with Crippen LogP contribution in [0.4, 0.5) is 0 Å². The predicted octanol–water partition coefficient (Wildman–Crippen LogP) is 0.467. The van der Waals surface area contributed by atoms with Crippen molar-refractivity contribution in [3.63, 3.8) is 0 Å². The van der Waals surface area contributed by atoms with Crippen molar-refractivity contribution >= 4 is 30.4 Å². The van der Waals surface area contributed by atoms with Gasteiger partial charge in [0.05, 0.1) is 5.75 Å². The minimum absolute atomic E-state index is 0.0696. The summed E-state index contributed by atoms with van der Waals surface area (Å²) in [7, 11) is 0. The molecule has 1 saturated heterocycles. The van der Waals surface area contributed by atoms with E-state index in [-0.39, 0.29) is 29.4 Å². The molecule has 4 N–H and O–H groups in total. The largest absolute Gasteiger partial charge is 0.370 e. The Morgan fingerprint density at radius 1 is 1.45 bits per heavy atom. The zero-order valence-corrected chi connectivity index (χ0v) is 13.5. The number of carbonyl (C=O) groups excluding carboxylic acids is 3. The van der Waals surface area contributed by atoms with Gasteiger partial charge in [-0.05, 0) is 6.42 Å². The molecular formula is C13H27N3O3S. The number of hydrogen-bond donors (Lipinski definition) is 4. The molecule has 1 heterocycles. The van der Waals surface area contributed by atoms with Crippen molar-refractivity contribution in [2.24, 2.45) is 11.7 Å². The first-order valence-corrected chi connectivity index (χ1v) is 7.55. The molecule has 1 unspecified atom stereocenters. The lowest BCUT2D eigenvalue weighted by Crippen LogP contribution is -2.30. The van der Waals surface area contributed by atoms with Crippen LogP contribution < -0.4 is 16.4 Å². The maximum absolute atomic E-state index is 10.8. The third-order valence-electron chi connectivity index (χ3n) is 2.29. The zero-order valence-electron chi connectivity index (χ0n) is 12.6. The standard InChI is InChI=1S/C7H12N2O2S.C4H9NO.C2H6/c10-6-1-5(2-8-6)3-9-7(11)4-12;1-2-3-4(5)6;1-2/h5,12H,1-4H2,(H,8,10)(H,9,11);2-3H2,1H3,(H2,5,6);1-2H3. The molecule has 7 heteroatoms. The van der Waals surface area contributed by atoms with E-state index in [4.69, 9.17) is 5.73 Å². The zero-order chi connectivity index (χ0) is 16.0. The molecule has 1 rings (SSSR count). The van der Waals surface area contributed by atoms with E-state index < -0.39 is 0 Å². The molecule has 3 amide bonds. The molecule has 6 nitrogen and oxygen atoms in total. The number of hydrogen-bond acceptors (Lipinski definition) is 4. The summed E-state index contributed by atoms with van der Waals surface area (Å²) in [5, 5.41) is 5.39. The summed E-state index contributed by atoms with van der Waals surface area (Å²) in [6, 6.07) is 0. The predicted molar refractivity (Wildman–Crippen MR) is 83.4 cm³/mol. The Morgan fingerprint density at radius 2 is 2.05 bits per heavy atom. The van der Waals surface area contributed by atoms with Crippen molar-refractivity contribution in [2.45, 2.75) is 40.0 Å². The number of rotatable bonds is 5. The molecule has 0 aromatic rings. The minimum Gasteiger partial charge on any atom is -0.370 e. The number of amides is 3.